The summed E-state index contributed by atoms with van der Waals surface area (Å²) in [7, 11) is 0. The zero-order valence-corrected chi connectivity index (χ0v) is 11.0. The van der Waals surface area contributed by atoms with Crippen LogP contribution >= 0.6 is 0 Å². The van der Waals surface area contributed by atoms with Crippen LogP contribution in [0.2, 0.25) is 0 Å². The predicted octanol–water partition coefficient (Wildman–Crippen LogP) is 3.48. The van der Waals surface area contributed by atoms with E-state index in [0.717, 1.165) is 6.54 Å². The quantitative estimate of drug-likeness (QED) is 0.794. The van der Waals surface area contributed by atoms with Crippen molar-refractivity contribution in [2.75, 3.05) is 6.54 Å². The van der Waals surface area contributed by atoms with Crippen LogP contribution in [0, 0.1) is 12.8 Å². The predicted molar refractivity (Wildman–Crippen MR) is 69.5 cm³/mol. The minimum atomic E-state index is 0.393. The van der Waals surface area contributed by atoms with E-state index >= 15 is 0 Å². The Labute approximate surface area is 99.5 Å². The van der Waals surface area contributed by atoms with E-state index in [0.29, 0.717) is 12.0 Å². The molecule has 0 bridgehead atoms. The molecule has 0 fully saturated rings. The van der Waals surface area contributed by atoms with Crippen molar-refractivity contribution in [3.63, 3.8) is 0 Å². The monoisotopic (exact) mass is 220 g/mol. The Morgan fingerprint density at radius 3 is 2.69 bits per heavy atom. The van der Waals surface area contributed by atoms with Crippen molar-refractivity contribution in [2.24, 2.45) is 5.92 Å². The van der Waals surface area contributed by atoms with Crippen molar-refractivity contribution in [2.45, 2.75) is 46.6 Å². The number of nitrogens with zero attached hydrogens (tertiary/aromatic N) is 1. The minimum absolute atomic E-state index is 0.393. The van der Waals surface area contributed by atoms with Crippen LogP contribution in [-0.4, -0.2) is 11.5 Å². The van der Waals surface area contributed by atoms with Gasteiger partial charge in [-0.25, -0.2) is 0 Å². The van der Waals surface area contributed by atoms with E-state index in [-0.39, 0.29) is 0 Å². The number of hydrogen-bond acceptors (Lipinski definition) is 2. The van der Waals surface area contributed by atoms with E-state index in [4.69, 9.17) is 0 Å². The lowest BCUT2D eigenvalue weighted by molar-refractivity contribution is 0.362. The van der Waals surface area contributed by atoms with Gasteiger partial charge in [-0.2, -0.15) is 0 Å². The molecule has 0 amide bonds. The van der Waals surface area contributed by atoms with E-state index in [1.165, 1.54) is 24.1 Å². The first kappa shape index (κ1) is 13.2. The van der Waals surface area contributed by atoms with Gasteiger partial charge in [-0.05, 0) is 43.5 Å². The van der Waals surface area contributed by atoms with Crippen molar-refractivity contribution in [1.29, 1.82) is 0 Å². The number of hydrogen-bond donors (Lipinski definition) is 1. The van der Waals surface area contributed by atoms with Crippen LogP contribution in [0.25, 0.3) is 0 Å². The third kappa shape index (κ3) is 3.60. The summed E-state index contributed by atoms with van der Waals surface area (Å²) in [6.07, 6.45) is 4.38. The molecule has 1 heterocycles. The van der Waals surface area contributed by atoms with Crippen molar-refractivity contribution in [3.05, 3.63) is 29.6 Å². The molecule has 0 spiro atoms. The maximum absolute atomic E-state index is 4.50. The van der Waals surface area contributed by atoms with Gasteiger partial charge in [-0.3, -0.25) is 4.98 Å². The highest BCUT2D eigenvalue weighted by atomic mass is 14.9. The van der Waals surface area contributed by atoms with Gasteiger partial charge in [0.05, 0.1) is 11.7 Å². The van der Waals surface area contributed by atoms with Crippen molar-refractivity contribution < 1.29 is 0 Å². The summed E-state index contributed by atoms with van der Waals surface area (Å²) in [6, 6.07) is 4.64. The zero-order chi connectivity index (χ0) is 12.0. The van der Waals surface area contributed by atoms with Gasteiger partial charge in [0.15, 0.2) is 0 Å². The Morgan fingerprint density at radius 2 is 2.12 bits per heavy atom. The standard InChI is InChI=1S/C14H24N2/c1-5-7-12(4)14(15-6-2)13-10-11(3)8-9-16-13/h8-10,12,14-15H,5-7H2,1-4H3. The molecule has 0 aliphatic rings. The second-order valence-electron chi connectivity index (χ2n) is 4.56. The average molecular weight is 220 g/mol. The first-order chi connectivity index (χ1) is 7.69. The van der Waals surface area contributed by atoms with Gasteiger partial charge in [0.2, 0.25) is 0 Å². The Kier molecular flexibility index (Phi) is 5.47. The summed E-state index contributed by atoms with van der Waals surface area (Å²) in [5, 5.41) is 3.55. The highest BCUT2D eigenvalue weighted by Crippen LogP contribution is 2.24. The van der Waals surface area contributed by atoms with Crippen molar-refractivity contribution in [1.82, 2.24) is 10.3 Å². The number of rotatable bonds is 6. The SMILES string of the molecule is CCCC(C)C(NCC)c1cc(C)ccn1. The molecular formula is C14H24N2. The number of aromatic nitrogens is 1. The van der Waals surface area contributed by atoms with Gasteiger partial charge in [0, 0.05) is 6.20 Å². The third-order valence-electron chi connectivity index (χ3n) is 2.99. The van der Waals surface area contributed by atoms with Gasteiger partial charge < -0.3 is 5.32 Å². The van der Waals surface area contributed by atoms with Crippen LogP contribution in [0.5, 0.6) is 0 Å². The van der Waals surface area contributed by atoms with Gasteiger partial charge in [0.25, 0.3) is 0 Å². The molecule has 0 aliphatic heterocycles. The highest BCUT2D eigenvalue weighted by Gasteiger charge is 2.18. The molecule has 1 rings (SSSR count). The van der Waals surface area contributed by atoms with Crippen molar-refractivity contribution >= 4 is 0 Å². The minimum Gasteiger partial charge on any atom is -0.309 e. The lowest BCUT2D eigenvalue weighted by Crippen LogP contribution is -2.27. The highest BCUT2D eigenvalue weighted by molar-refractivity contribution is 5.17. The van der Waals surface area contributed by atoms with E-state index < -0.39 is 0 Å². The molecule has 16 heavy (non-hydrogen) atoms. The van der Waals surface area contributed by atoms with Crippen LogP contribution < -0.4 is 5.32 Å². The molecule has 1 aromatic rings. The lowest BCUT2D eigenvalue weighted by Gasteiger charge is -2.24. The summed E-state index contributed by atoms with van der Waals surface area (Å²) in [6.45, 7) is 9.82. The Hall–Kier alpha value is -0.890. The van der Waals surface area contributed by atoms with E-state index in [2.05, 4.69) is 50.1 Å². The first-order valence-electron chi connectivity index (χ1n) is 6.35. The van der Waals surface area contributed by atoms with Gasteiger partial charge in [-0.1, -0.05) is 27.2 Å². The van der Waals surface area contributed by atoms with Crippen LogP contribution in [0.4, 0.5) is 0 Å². The molecule has 0 radical (unpaired) electrons. The molecule has 0 saturated carbocycles. The van der Waals surface area contributed by atoms with E-state index in [1.807, 2.05) is 6.20 Å². The maximum Gasteiger partial charge on any atom is 0.0578 e. The van der Waals surface area contributed by atoms with Crippen LogP contribution in [0.3, 0.4) is 0 Å². The van der Waals surface area contributed by atoms with E-state index in [9.17, 15) is 0 Å². The molecule has 2 heteroatoms. The molecule has 0 saturated heterocycles. The molecule has 1 N–H and O–H groups in total. The molecule has 1 aromatic heterocycles. The fraction of sp³-hybridized carbons (Fsp3) is 0.643. The normalized spacial score (nSPS) is 14.8. The molecule has 2 unspecified atom stereocenters. The summed E-state index contributed by atoms with van der Waals surface area (Å²) >= 11 is 0. The Balaban J connectivity index is 2.83. The van der Waals surface area contributed by atoms with Gasteiger partial charge >= 0.3 is 0 Å². The fourth-order valence-electron chi connectivity index (χ4n) is 2.17. The van der Waals surface area contributed by atoms with E-state index in [1.54, 1.807) is 0 Å². The largest absolute Gasteiger partial charge is 0.309 e. The number of aryl methyl sites for hydroxylation is 1. The molecule has 0 aliphatic carbocycles. The molecule has 90 valence electrons. The smallest absolute Gasteiger partial charge is 0.0578 e. The third-order valence-corrected chi connectivity index (χ3v) is 2.99. The number of nitrogens with one attached hydrogen (secondary N) is 1. The fourth-order valence-corrected chi connectivity index (χ4v) is 2.17. The van der Waals surface area contributed by atoms with Crippen LogP contribution in [0.15, 0.2) is 18.3 Å². The first-order valence-corrected chi connectivity index (χ1v) is 6.35. The molecular weight excluding hydrogens is 196 g/mol. The Bertz CT molecular complexity index is 309. The summed E-state index contributed by atoms with van der Waals surface area (Å²) in [4.78, 5) is 4.50. The van der Waals surface area contributed by atoms with Crippen LogP contribution in [0.1, 0.15) is 50.9 Å². The van der Waals surface area contributed by atoms with Crippen LogP contribution in [-0.2, 0) is 0 Å². The summed E-state index contributed by atoms with van der Waals surface area (Å²) in [5.74, 6) is 0.638. The Morgan fingerprint density at radius 1 is 1.38 bits per heavy atom. The average Bonchev–Trinajstić information content (AvgIpc) is 2.26. The number of pyridine rings is 1. The maximum atomic E-state index is 4.50. The summed E-state index contributed by atoms with van der Waals surface area (Å²) in [5.41, 5.74) is 2.47. The topological polar surface area (TPSA) is 24.9 Å². The lowest BCUT2D eigenvalue weighted by atomic mass is 9.93. The second-order valence-corrected chi connectivity index (χ2v) is 4.56. The van der Waals surface area contributed by atoms with Gasteiger partial charge in [-0.15, -0.1) is 0 Å². The molecule has 2 nitrogen and oxygen atoms in total. The summed E-state index contributed by atoms with van der Waals surface area (Å²) < 4.78 is 0. The second kappa shape index (κ2) is 6.64. The molecule has 0 aromatic carbocycles. The molecule has 2 atom stereocenters. The van der Waals surface area contributed by atoms with Crippen molar-refractivity contribution in [3.8, 4) is 0 Å². The van der Waals surface area contributed by atoms with Gasteiger partial charge in [0.1, 0.15) is 0 Å². The zero-order valence-electron chi connectivity index (χ0n) is 11.0.